The van der Waals surface area contributed by atoms with Crippen molar-refractivity contribution in [1.82, 2.24) is 10.3 Å². The number of likely N-dealkylation sites (N-methyl/N-ethyl adjacent to an activating group) is 1. The van der Waals surface area contributed by atoms with Crippen LogP contribution in [-0.2, 0) is 6.42 Å². The summed E-state index contributed by atoms with van der Waals surface area (Å²) in [5.41, 5.74) is 5.06. The van der Waals surface area contributed by atoms with E-state index in [2.05, 4.69) is 22.6 Å². The van der Waals surface area contributed by atoms with Gasteiger partial charge in [0, 0.05) is 5.38 Å². The molecule has 0 aliphatic heterocycles. The molecule has 1 aromatic heterocycles. The van der Waals surface area contributed by atoms with Crippen LogP contribution >= 0.6 is 11.3 Å². The van der Waals surface area contributed by atoms with E-state index in [4.69, 9.17) is 0 Å². The van der Waals surface area contributed by atoms with E-state index in [1.165, 1.54) is 6.07 Å². The van der Waals surface area contributed by atoms with Crippen LogP contribution in [0.3, 0.4) is 0 Å². The summed E-state index contributed by atoms with van der Waals surface area (Å²) in [6, 6.07) is 5.16. The van der Waals surface area contributed by atoms with Crippen LogP contribution in [0.1, 0.15) is 29.8 Å². The van der Waals surface area contributed by atoms with Gasteiger partial charge in [-0.15, -0.1) is 11.3 Å². The zero-order valence-electron chi connectivity index (χ0n) is 10.6. The largest absolute Gasteiger partial charge is 0.309 e. The Morgan fingerprint density at radius 1 is 1.44 bits per heavy atom. The molecule has 1 aromatic carbocycles. The molecule has 0 spiro atoms. The van der Waals surface area contributed by atoms with Crippen LogP contribution in [0, 0.1) is 12.7 Å². The van der Waals surface area contributed by atoms with Crippen LogP contribution in [0.15, 0.2) is 29.1 Å². The third kappa shape index (κ3) is 3.15. The zero-order valence-corrected chi connectivity index (χ0v) is 11.4. The maximum absolute atomic E-state index is 13.1. The molecule has 1 heterocycles. The van der Waals surface area contributed by atoms with Gasteiger partial charge in [-0.05, 0) is 43.1 Å². The van der Waals surface area contributed by atoms with E-state index in [1.54, 1.807) is 17.4 Å². The zero-order chi connectivity index (χ0) is 13.0. The van der Waals surface area contributed by atoms with Crippen LogP contribution in [0.2, 0.25) is 0 Å². The van der Waals surface area contributed by atoms with Gasteiger partial charge in [0.2, 0.25) is 0 Å². The molecule has 2 rings (SSSR count). The molecular formula is C14H17FN2S. The summed E-state index contributed by atoms with van der Waals surface area (Å²) in [6.07, 6.45) is 0.837. The second-order valence-corrected chi connectivity index (χ2v) is 5.02. The first kappa shape index (κ1) is 13.2. The predicted octanol–water partition coefficient (Wildman–Crippen LogP) is 3.48. The maximum atomic E-state index is 13.1. The van der Waals surface area contributed by atoms with Crippen LogP contribution in [0.4, 0.5) is 4.39 Å². The van der Waals surface area contributed by atoms with Crippen molar-refractivity contribution in [2.75, 3.05) is 6.54 Å². The molecule has 0 amide bonds. The van der Waals surface area contributed by atoms with E-state index in [9.17, 15) is 4.39 Å². The minimum atomic E-state index is -0.176. The smallest absolute Gasteiger partial charge is 0.123 e. The average Bonchev–Trinajstić information content (AvgIpc) is 2.85. The number of hydrogen-bond acceptors (Lipinski definition) is 3. The van der Waals surface area contributed by atoms with Crippen molar-refractivity contribution in [3.05, 3.63) is 51.7 Å². The van der Waals surface area contributed by atoms with Gasteiger partial charge >= 0.3 is 0 Å². The first-order valence-electron chi connectivity index (χ1n) is 6.07. The molecule has 0 bridgehead atoms. The standard InChI is InChI=1S/C14H17FN2S/c1-3-16-13(14-8-18-9-17-14)7-11-4-5-12(15)6-10(11)2/h4-6,8-9,13,16H,3,7H2,1-2H3. The summed E-state index contributed by atoms with van der Waals surface area (Å²) in [4.78, 5) is 4.36. The summed E-state index contributed by atoms with van der Waals surface area (Å²) in [7, 11) is 0. The summed E-state index contributed by atoms with van der Waals surface area (Å²) < 4.78 is 13.1. The lowest BCUT2D eigenvalue weighted by Gasteiger charge is -2.17. The summed E-state index contributed by atoms with van der Waals surface area (Å²) >= 11 is 1.60. The van der Waals surface area contributed by atoms with Crippen molar-refractivity contribution in [3.8, 4) is 0 Å². The van der Waals surface area contributed by atoms with Gasteiger partial charge in [0.1, 0.15) is 5.82 Å². The topological polar surface area (TPSA) is 24.9 Å². The molecule has 0 saturated carbocycles. The number of benzene rings is 1. The van der Waals surface area contributed by atoms with E-state index in [0.29, 0.717) is 0 Å². The average molecular weight is 264 g/mol. The van der Waals surface area contributed by atoms with Crippen LogP contribution in [0.25, 0.3) is 0 Å². The molecule has 1 unspecified atom stereocenters. The Morgan fingerprint density at radius 2 is 2.28 bits per heavy atom. The fourth-order valence-electron chi connectivity index (χ4n) is 2.03. The van der Waals surface area contributed by atoms with Gasteiger partial charge in [0.25, 0.3) is 0 Å². The molecule has 18 heavy (non-hydrogen) atoms. The van der Waals surface area contributed by atoms with Crippen molar-refractivity contribution in [2.24, 2.45) is 0 Å². The SMILES string of the molecule is CCNC(Cc1ccc(F)cc1C)c1cscn1. The Balaban J connectivity index is 2.18. The van der Waals surface area contributed by atoms with Gasteiger partial charge in [-0.2, -0.15) is 0 Å². The molecular weight excluding hydrogens is 247 g/mol. The lowest BCUT2D eigenvalue weighted by atomic mass is 9.99. The molecule has 1 N–H and O–H groups in total. The normalized spacial score (nSPS) is 12.6. The molecule has 0 aliphatic carbocycles. The molecule has 1 atom stereocenters. The number of rotatable bonds is 5. The van der Waals surface area contributed by atoms with Crippen LogP contribution in [0.5, 0.6) is 0 Å². The Labute approximate surface area is 111 Å². The number of nitrogens with one attached hydrogen (secondary N) is 1. The highest BCUT2D eigenvalue weighted by Gasteiger charge is 2.14. The van der Waals surface area contributed by atoms with E-state index in [0.717, 1.165) is 29.8 Å². The quantitative estimate of drug-likeness (QED) is 0.894. The van der Waals surface area contributed by atoms with Crippen molar-refractivity contribution in [3.63, 3.8) is 0 Å². The van der Waals surface area contributed by atoms with E-state index in [1.807, 2.05) is 18.5 Å². The van der Waals surface area contributed by atoms with Crippen LogP contribution in [-0.4, -0.2) is 11.5 Å². The number of aromatic nitrogens is 1. The van der Waals surface area contributed by atoms with Gasteiger partial charge < -0.3 is 5.32 Å². The van der Waals surface area contributed by atoms with Gasteiger partial charge in [0.15, 0.2) is 0 Å². The number of halogens is 1. The first-order valence-corrected chi connectivity index (χ1v) is 7.01. The highest BCUT2D eigenvalue weighted by Crippen LogP contribution is 2.21. The fourth-order valence-corrected chi connectivity index (χ4v) is 2.64. The van der Waals surface area contributed by atoms with Crippen molar-refractivity contribution >= 4 is 11.3 Å². The molecule has 0 saturated heterocycles. The molecule has 4 heteroatoms. The Hall–Kier alpha value is -1.26. The van der Waals surface area contributed by atoms with E-state index < -0.39 is 0 Å². The van der Waals surface area contributed by atoms with Crippen LogP contribution < -0.4 is 5.32 Å². The highest BCUT2D eigenvalue weighted by atomic mass is 32.1. The fraction of sp³-hybridized carbons (Fsp3) is 0.357. The minimum absolute atomic E-state index is 0.176. The number of hydrogen-bond donors (Lipinski definition) is 1. The minimum Gasteiger partial charge on any atom is -0.309 e. The Morgan fingerprint density at radius 3 is 2.89 bits per heavy atom. The van der Waals surface area contributed by atoms with Crippen molar-refractivity contribution < 1.29 is 4.39 Å². The van der Waals surface area contributed by atoms with Crippen molar-refractivity contribution in [2.45, 2.75) is 26.3 Å². The third-order valence-electron chi connectivity index (χ3n) is 2.99. The lowest BCUT2D eigenvalue weighted by molar-refractivity contribution is 0.537. The van der Waals surface area contributed by atoms with E-state index in [-0.39, 0.29) is 11.9 Å². The van der Waals surface area contributed by atoms with Gasteiger partial charge in [-0.3, -0.25) is 0 Å². The molecule has 2 aromatic rings. The molecule has 2 nitrogen and oxygen atoms in total. The highest BCUT2D eigenvalue weighted by molar-refractivity contribution is 7.07. The molecule has 0 aliphatic rings. The first-order chi connectivity index (χ1) is 8.70. The van der Waals surface area contributed by atoms with Gasteiger partial charge in [-0.25, -0.2) is 9.37 Å². The van der Waals surface area contributed by atoms with Gasteiger partial charge in [-0.1, -0.05) is 13.0 Å². The van der Waals surface area contributed by atoms with E-state index >= 15 is 0 Å². The molecule has 0 fully saturated rings. The third-order valence-corrected chi connectivity index (χ3v) is 3.59. The summed E-state index contributed by atoms with van der Waals surface area (Å²) in [6.45, 7) is 4.92. The molecule has 96 valence electrons. The summed E-state index contributed by atoms with van der Waals surface area (Å²) in [5, 5.41) is 5.49. The second kappa shape index (κ2) is 6.07. The maximum Gasteiger partial charge on any atom is 0.123 e. The van der Waals surface area contributed by atoms with Gasteiger partial charge in [0.05, 0.1) is 17.2 Å². The summed E-state index contributed by atoms with van der Waals surface area (Å²) in [5.74, 6) is -0.176. The lowest BCUT2D eigenvalue weighted by Crippen LogP contribution is -2.23. The van der Waals surface area contributed by atoms with Crippen molar-refractivity contribution in [1.29, 1.82) is 0 Å². The number of aryl methyl sites for hydroxylation is 1. The monoisotopic (exact) mass is 264 g/mol. The number of nitrogens with zero attached hydrogens (tertiary/aromatic N) is 1. The Kier molecular flexibility index (Phi) is 4.44. The molecule has 0 radical (unpaired) electrons. The second-order valence-electron chi connectivity index (χ2n) is 4.30. The number of thiazole rings is 1. The Bertz CT molecular complexity index is 497. The predicted molar refractivity (Wildman–Crippen MR) is 73.4 cm³/mol.